The molecule has 2 unspecified atom stereocenters. The first kappa shape index (κ1) is 10.4. The van der Waals surface area contributed by atoms with Crippen molar-refractivity contribution < 1.29 is 24.3 Å². The quantitative estimate of drug-likeness (QED) is 0.570. The molecule has 0 aromatic carbocycles. The minimum atomic E-state index is 0. The zero-order valence-electron chi connectivity index (χ0n) is 8.31. The maximum Gasteiger partial charge on any atom is 0.139 e. The van der Waals surface area contributed by atoms with Crippen molar-refractivity contribution in [3.63, 3.8) is 0 Å². The van der Waals surface area contributed by atoms with E-state index >= 15 is 0 Å². The predicted molar refractivity (Wildman–Crippen MR) is 44.2 cm³/mol. The van der Waals surface area contributed by atoms with Crippen LogP contribution in [0, 0.1) is 16.7 Å². The van der Waals surface area contributed by atoms with Crippen molar-refractivity contribution in [1.29, 1.82) is 0 Å². The average molecular weight is 218 g/mol. The van der Waals surface area contributed by atoms with E-state index in [0.717, 1.165) is 12.8 Å². The van der Waals surface area contributed by atoms with Gasteiger partial charge in [0.1, 0.15) is 5.78 Å². The monoisotopic (exact) mass is 216 g/mol. The second-order valence-electron chi connectivity index (χ2n) is 4.92. The Kier molecular flexibility index (Phi) is 2.28. The Bertz CT molecular complexity index is 222. The molecule has 0 aromatic rings. The molecule has 1 nitrogen and oxygen atoms in total. The van der Waals surface area contributed by atoms with Gasteiger partial charge in [-0.25, -0.2) is 0 Å². The van der Waals surface area contributed by atoms with Crippen LogP contribution in [0.25, 0.3) is 0 Å². The van der Waals surface area contributed by atoms with Crippen LogP contribution in [0.3, 0.4) is 0 Å². The summed E-state index contributed by atoms with van der Waals surface area (Å²) in [7, 11) is 0. The molecule has 0 amide bonds. The Hall–Kier alpha value is 0.293. The summed E-state index contributed by atoms with van der Waals surface area (Å²) in [5, 5.41) is 0. The third kappa shape index (κ3) is 0.908. The van der Waals surface area contributed by atoms with E-state index in [1.54, 1.807) is 0 Å². The molecule has 2 atom stereocenters. The Labute approximate surface area is 87.1 Å². The van der Waals surface area contributed by atoms with E-state index in [1.807, 2.05) is 0 Å². The van der Waals surface area contributed by atoms with Crippen LogP contribution in [0.1, 0.15) is 40.0 Å². The average Bonchev–Trinajstić information content (AvgIpc) is 2.20. The van der Waals surface area contributed by atoms with Crippen molar-refractivity contribution in [3.8, 4) is 0 Å². The van der Waals surface area contributed by atoms with Gasteiger partial charge in [0.25, 0.3) is 0 Å². The minimum Gasteiger partial charge on any atom is -0.299 e. The Morgan fingerprint density at radius 2 is 1.92 bits per heavy atom. The van der Waals surface area contributed by atoms with E-state index in [0.29, 0.717) is 11.7 Å². The summed E-state index contributed by atoms with van der Waals surface area (Å²) in [6.45, 7) is 6.67. The summed E-state index contributed by atoms with van der Waals surface area (Å²) in [6.07, 6.45) is 3.25. The van der Waals surface area contributed by atoms with Crippen LogP contribution in [0.4, 0.5) is 0 Å². The third-order valence-electron chi connectivity index (χ3n) is 4.48. The maximum absolute atomic E-state index is 11.6. The Morgan fingerprint density at radius 3 is 2.08 bits per heavy atom. The summed E-state index contributed by atoms with van der Waals surface area (Å²) in [5.41, 5.74) is 0.307. The zero-order chi connectivity index (χ0) is 8.28. The van der Waals surface area contributed by atoms with Crippen molar-refractivity contribution >= 4 is 5.78 Å². The molecule has 2 saturated carbocycles. The molecule has 0 saturated heterocycles. The summed E-state index contributed by atoms with van der Waals surface area (Å²) in [4.78, 5) is 11.6. The van der Waals surface area contributed by atoms with E-state index in [2.05, 4.69) is 20.8 Å². The Morgan fingerprint density at radius 1 is 1.33 bits per heavy atom. The van der Waals surface area contributed by atoms with Crippen LogP contribution in [0.15, 0.2) is 0 Å². The Balaban J connectivity index is 0.000000720. The van der Waals surface area contributed by atoms with Gasteiger partial charge < -0.3 is 0 Å². The summed E-state index contributed by atoms with van der Waals surface area (Å²) >= 11 is 0. The topological polar surface area (TPSA) is 17.1 Å². The second kappa shape index (κ2) is 2.64. The van der Waals surface area contributed by atoms with Crippen molar-refractivity contribution in [2.24, 2.45) is 16.7 Å². The largest absolute Gasteiger partial charge is 0.299 e. The van der Waals surface area contributed by atoms with Gasteiger partial charge in [-0.05, 0) is 24.2 Å². The number of hydrogen-bond acceptors (Lipinski definition) is 1. The number of ketones is 1. The van der Waals surface area contributed by atoms with E-state index in [-0.39, 0.29) is 30.3 Å². The first-order valence-corrected chi connectivity index (χ1v) is 4.52. The molecule has 12 heavy (non-hydrogen) atoms. The summed E-state index contributed by atoms with van der Waals surface area (Å²) in [6, 6.07) is 0. The molecule has 0 heterocycles. The van der Waals surface area contributed by atoms with Gasteiger partial charge in [-0.3, -0.25) is 4.79 Å². The van der Waals surface area contributed by atoms with Gasteiger partial charge in [-0.1, -0.05) is 20.8 Å². The number of rotatable bonds is 0. The van der Waals surface area contributed by atoms with Gasteiger partial charge in [-0.2, -0.15) is 0 Å². The molecule has 0 aromatic heterocycles. The minimum absolute atomic E-state index is 0. The SMILES string of the molecule is CC12CCC(CC1=O)C2(C)C.[Zn]. The van der Waals surface area contributed by atoms with Gasteiger partial charge in [0.15, 0.2) is 0 Å². The van der Waals surface area contributed by atoms with Crippen LogP contribution in [-0.2, 0) is 24.3 Å². The van der Waals surface area contributed by atoms with E-state index in [1.165, 1.54) is 6.42 Å². The van der Waals surface area contributed by atoms with Gasteiger partial charge in [0.05, 0.1) is 0 Å². The zero-order valence-corrected chi connectivity index (χ0v) is 11.3. The summed E-state index contributed by atoms with van der Waals surface area (Å²) in [5.74, 6) is 1.19. The number of carbonyl (C=O) groups is 1. The molecule has 2 rings (SSSR count). The van der Waals surface area contributed by atoms with E-state index in [9.17, 15) is 4.79 Å². The molecule has 0 radical (unpaired) electrons. The molecule has 0 aliphatic heterocycles. The second-order valence-corrected chi connectivity index (χ2v) is 4.92. The third-order valence-corrected chi connectivity index (χ3v) is 4.48. The van der Waals surface area contributed by atoms with E-state index < -0.39 is 0 Å². The standard InChI is InChI=1S/C10H16O.Zn/c1-9(2)7-4-5-10(9,3)8(11)6-7;/h7H,4-6H2,1-3H3;. The summed E-state index contributed by atoms with van der Waals surface area (Å²) < 4.78 is 0. The number of Topliss-reactive ketones (excluding diaryl/α,β-unsaturated/α-hetero) is 1. The van der Waals surface area contributed by atoms with Crippen LogP contribution in [0.5, 0.6) is 0 Å². The fraction of sp³-hybridized carbons (Fsp3) is 0.900. The fourth-order valence-corrected chi connectivity index (χ4v) is 2.90. The van der Waals surface area contributed by atoms with E-state index in [4.69, 9.17) is 0 Å². The van der Waals surface area contributed by atoms with Gasteiger partial charge in [-0.15, -0.1) is 0 Å². The van der Waals surface area contributed by atoms with Crippen LogP contribution in [0.2, 0.25) is 0 Å². The molecule has 0 N–H and O–H groups in total. The first-order valence-electron chi connectivity index (χ1n) is 4.52. The van der Waals surface area contributed by atoms with Crippen molar-refractivity contribution in [3.05, 3.63) is 0 Å². The molecule has 2 bridgehead atoms. The molecule has 64 valence electrons. The molecular weight excluding hydrogens is 201 g/mol. The predicted octanol–water partition coefficient (Wildman–Crippen LogP) is 2.40. The van der Waals surface area contributed by atoms with Crippen LogP contribution >= 0.6 is 0 Å². The fourth-order valence-electron chi connectivity index (χ4n) is 2.90. The first-order chi connectivity index (χ1) is 4.98. The van der Waals surface area contributed by atoms with Crippen molar-refractivity contribution in [1.82, 2.24) is 0 Å². The van der Waals surface area contributed by atoms with Crippen LogP contribution < -0.4 is 0 Å². The van der Waals surface area contributed by atoms with Gasteiger partial charge >= 0.3 is 0 Å². The molecular formula is C10H16OZn. The maximum atomic E-state index is 11.6. The normalized spacial score (nSPS) is 42.9. The molecule has 2 heteroatoms. The van der Waals surface area contributed by atoms with Crippen molar-refractivity contribution in [2.45, 2.75) is 40.0 Å². The molecule has 2 aliphatic rings. The van der Waals surface area contributed by atoms with Crippen molar-refractivity contribution in [2.75, 3.05) is 0 Å². The molecule has 2 fully saturated rings. The molecule has 0 spiro atoms. The molecule has 2 aliphatic carbocycles. The van der Waals surface area contributed by atoms with Gasteiger partial charge in [0.2, 0.25) is 0 Å². The number of fused-ring (bicyclic) bond motifs is 2. The smallest absolute Gasteiger partial charge is 0.139 e. The number of hydrogen-bond donors (Lipinski definition) is 0. The number of carbonyl (C=O) groups excluding carboxylic acids is 1. The van der Waals surface area contributed by atoms with Gasteiger partial charge in [0, 0.05) is 31.3 Å². The van der Waals surface area contributed by atoms with Crippen LogP contribution in [-0.4, -0.2) is 5.78 Å².